The summed E-state index contributed by atoms with van der Waals surface area (Å²) >= 11 is 10.5. The lowest BCUT2D eigenvalue weighted by Gasteiger charge is -2.29. The lowest BCUT2D eigenvalue weighted by Crippen LogP contribution is -2.46. The molecule has 0 saturated carbocycles. The molecule has 0 spiro atoms. The quantitative estimate of drug-likeness (QED) is 0.0250. The Bertz CT molecular complexity index is 3650. The number of primary amides is 1. The highest BCUT2D eigenvalue weighted by Crippen LogP contribution is 2.55. The predicted octanol–water partition coefficient (Wildman–Crippen LogP) is 2.68. The van der Waals surface area contributed by atoms with Gasteiger partial charge in [0.25, 0.3) is 0 Å². The first-order chi connectivity index (χ1) is 43.3. The van der Waals surface area contributed by atoms with Crippen LogP contribution >= 0.6 is 13.4 Å². The molecule has 5 aromatic rings. The number of amides is 7. The fourth-order valence-electron chi connectivity index (χ4n) is 10.6. The highest BCUT2D eigenvalue weighted by Gasteiger charge is 2.54. The normalized spacial score (nSPS) is 26.7. The number of imide groups is 1. The lowest BCUT2D eigenvalue weighted by molar-refractivity contribution is -0.140. The first-order valence-corrected chi connectivity index (χ1v) is 34.0. The van der Waals surface area contributed by atoms with Crippen LogP contribution in [-0.2, 0) is 97.7 Å². The van der Waals surface area contributed by atoms with Gasteiger partial charge < -0.3 is 65.8 Å². The van der Waals surface area contributed by atoms with Gasteiger partial charge in [-0.2, -0.15) is 0 Å². The van der Waals surface area contributed by atoms with Crippen molar-refractivity contribution in [1.82, 2.24) is 59.9 Å². The number of alkyl halides is 2. The van der Waals surface area contributed by atoms with Gasteiger partial charge in [0.2, 0.25) is 23.6 Å². The summed E-state index contributed by atoms with van der Waals surface area (Å²) in [6, 6.07) is 4.62. The molecule has 0 radical (unpaired) electrons. The first-order valence-electron chi connectivity index (χ1n) is 28.8. The summed E-state index contributed by atoms with van der Waals surface area (Å²) in [6.07, 6.45) is -9.59. The number of alkyl carbamates (subject to hydrolysis) is 1. The molecule has 32 nitrogen and oxygen atoms in total. The molecular weight excluding hydrogens is 1280 g/mol. The average molecular weight is 1350 g/mol. The van der Waals surface area contributed by atoms with Crippen LogP contribution in [0, 0.1) is 17.8 Å². The summed E-state index contributed by atoms with van der Waals surface area (Å²) in [5.74, 6) is -4.22. The minimum atomic E-state index is -4.41. The van der Waals surface area contributed by atoms with E-state index in [1.165, 1.54) is 21.8 Å². The van der Waals surface area contributed by atoms with Crippen LogP contribution in [0.2, 0.25) is 0 Å². The Labute approximate surface area is 527 Å². The number of ether oxygens (including phenoxy) is 3. The molecule has 492 valence electrons. The molecular formula is C53H67F2N15O17P2S2. The number of nitrogen functional groups attached to an aromatic ring is 1. The topological polar surface area (TPSA) is 432 Å². The van der Waals surface area contributed by atoms with Gasteiger partial charge in [-0.05, 0) is 66.5 Å². The number of aromatic nitrogens is 8. The molecule has 1 aromatic carbocycles. The summed E-state index contributed by atoms with van der Waals surface area (Å²) < 4.78 is 75.3. The number of benzene rings is 1. The monoisotopic (exact) mass is 1350 g/mol. The minimum Gasteiger partial charge on any atom is -0.445 e. The maximum atomic E-state index is 16.7. The number of nitrogens with two attached hydrogens (primary N) is 2. The standard InChI is InChI=1S/C53H67F2N15O17P2S2/c1-26(2)40(67-36(73)12-15-68-37(74)16-27(3)49(68)76)33(72)17-29(6-4-13-58-52(57)77)48(75)66-30-10-8-28(9-11-30)19-81-53(78)59-14-5-7-31(71)18-32-41-46(62-22-60-32)69(24-64-41)50-38(54)43-34(84-50)20-82-89(80,91)87-44-35(21-83-88(79,90)86-43)85-51(39(44)55)70-25-65-42-45(56)61-23-63-47(42)70/h8-11,22-27,29,34-35,38-40,43-44,50-51H,4-7,12-21H2,1-3H3,(H,59,78)(H,66,75)(H,67,73)(H,79,90)(H,80,91)(H2,56,61,63)(H3,57,58,77)/t27?,29-,34-,35-,38-,39-,40+,43-,44-,50-,51-,88?,89?/m1/s1. The summed E-state index contributed by atoms with van der Waals surface area (Å²) in [5, 5.41) is 10.5. The molecule has 4 aromatic heterocycles. The molecule has 4 aliphatic rings. The van der Waals surface area contributed by atoms with Crippen LogP contribution in [0.4, 0.5) is 29.9 Å². The molecule has 8 heterocycles. The van der Waals surface area contributed by atoms with E-state index in [1.807, 2.05) is 0 Å². The van der Waals surface area contributed by atoms with Crippen LogP contribution < -0.4 is 32.7 Å². The van der Waals surface area contributed by atoms with Gasteiger partial charge in [-0.25, -0.2) is 48.3 Å². The second-order valence-electron chi connectivity index (χ2n) is 22.3. The van der Waals surface area contributed by atoms with E-state index in [0.29, 0.717) is 17.7 Å². The Balaban J connectivity index is 0.727. The molecule has 38 heteroatoms. The first kappa shape index (κ1) is 68.3. The number of imidazole rings is 2. The third-order valence-corrected chi connectivity index (χ3v) is 18.4. The van der Waals surface area contributed by atoms with E-state index in [1.54, 1.807) is 45.0 Å². The van der Waals surface area contributed by atoms with Crippen LogP contribution in [-0.4, -0.2) is 177 Å². The maximum absolute atomic E-state index is 16.7. The largest absolute Gasteiger partial charge is 0.445 e. The zero-order valence-electron chi connectivity index (χ0n) is 49.1. The highest BCUT2D eigenvalue weighted by molar-refractivity contribution is 8.07. The number of fused-ring (bicyclic) bond motifs is 4. The molecule has 13 atom stereocenters. The minimum absolute atomic E-state index is 0.0109. The van der Waals surface area contributed by atoms with E-state index in [-0.39, 0.29) is 129 Å². The Morgan fingerprint density at radius 3 is 2.00 bits per heavy atom. The van der Waals surface area contributed by atoms with E-state index in [9.17, 15) is 48.1 Å². The number of nitrogens with one attached hydrogen (secondary N) is 4. The number of nitrogens with zero attached hydrogens (tertiary/aromatic N) is 9. The van der Waals surface area contributed by atoms with Crippen molar-refractivity contribution in [3.05, 3.63) is 60.8 Å². The molecule has 4 fully saturated rings. The van der Waals surface area contributed by atoms with Crippen LogP contribution in [0.5, 0.6) is 0 Å². The number of ketones is 2. The molecule has 0 bridgehead atoms. The van der Waals surface area contributed by atoms with E-state index < -0.39 is 123 Å². The van der Waals surface area contributed by atoms with Crippen molar-refractivity contribution >= 4 is 118 Å². The fourth-order valence-corrected chi connectivity index (χ4v) is 13.5. The van der Waals surface area contributed by atoms with Crippen molar-refractivity contribution in [3.8, 4) is 0 Å². The Morgan fingerprint density at radius 2 is 1.41 bits per heavy atom. The molecule has 3 unspecified atom stereocenters. The number of likely N-dealkylation sites (tertiary alicyclic amines) is 1. The van der Waals surface area contributed by atoms with Gasteiger partial charge >= 0.3 is 25.6 Å². The van der Waals surface area contributed by atoms with Crippen molar-refractivity contribution in [2.75, 3.05) is 43.9 Å². The summed E-state index contributed by atoms with van der Waals surface area (Å²) in [6.45, 7) is -5.20. The Hall–Kier alpha value is -7.08. The SMILES string of the molecule is CC1CC(=O)N(CCC(=O)N[C@H](C(=O)C[C@@H](CCCNC(N)=O)C(=O)Nc2ccc(COC(=O)NCCCC(=O)Cc3ncnc4c3ncn4[C@@H]3O[C@@H]4COP(O)(=S)O[C@H]5[C@@H](F)[C@H](n6cnc7c(N)ncnc76)O[C@@H]5COP(O)(=S)O[C@H]4[C@H]3F)cc2)C(C)C)C1=O. The summed E-state index contributed by atoms with van der Waals surface area (Å²) in [4.78, 5) is 151. The number of rotatable bonds is 24. The molecule has 4 saturated heterocycles. The smallest absolute Gasteiger partial charge is 0.407 e. The number of Topliss-reactive ketones (excluding diaryl/α,β-unsaturated/α-hetero) is 2. The number of urea groups is 1. The fraction of sp³-hybridized carbons (Fsp3) is 0.547. The predicted molar refractivity (Wildman–Crippen MR) is 320 cm³/mol. The van der Waals surface area contributed by atoms with Crippen LogP contribution in [0.1, 0.15) is 89.4 Å². The van der Waals surface area contributed by atoms with Crippen molar-refractivity contribution in [2.45, 2.75) is 134 Å². The molecule has 91 heavy (non-hydrogen) atoms. The van der Waals surface area contributed by atoms with Gasteiger partial charge in [-0.3, -0.25) is 51.8 Å². The second kappa shape index (κ2) is 29.7. The van der Waals surface area contributed by atoms with Crippen molar-refractivity contribution in [1.29, 1.82) is 0 Å². The van der Waals surface area contributed by atoms with Crippen LogP contribution in [0.15, 0.2) is 49.6 Å². The van der Waals surface area contributed by atoms with Gasteiger partial charge in [0.15, 0.2) is 47.7 Å². The Morgan fingerprint density at radius 1 is 0.813 bits per heavy atom. The summed E-state index contributed by atoms with van der Waals surface area (Å²) in [7, 11) is 0. The van der Waals surface area contributed by atoms with Crippen LogP contribution in [0.3, 0.4) is 0 Å². The maximum Gasteiger partial charge on any atom is 0.407 e. The highest BCUT2D eigenvalue weighted by atomic mass is 32.5. The van der Waals surface area contributed by atoms with Gasteiger partial charge in [-0.15, -0.1) is 0 Å². The summed E-state index contributed by atoms with van der Waals surface area (Å²) in [5.41, 5.74) is 12.6. The molecule has 0 aliphatic carbocycles. The lowest BCUT2D eigenvalue weighted by atomic mass is 9.89. The second-order valence-corrected chi connectivity index (χ2v) is 27.8. The average Bonchev–Trinajstić information content (AvgIpc) is 1.63. The molecule has 4 aliphatic heterocycles. The Kier molecular flexibility index (Phi) is 22.3. The van der Waals surface area contributed by atoms with Gasteiger partial charge in [0.1, 0.15) is 60.5 Å². The number of carbonyl (C=O) groups excluding carboxylic acids is 8. The number of hydrogen-bond acceptors (Lipinski definition) is 24. The van der Waals surface area contributed by atoms with Crippen molar-refractivity contribution < 1.29 is 89.2 Å². The number of halogens is 2. The van der Waals surface area contributed by atoms with Gasteiger partial charge in [0.05, 0.1) is 44.0 Å². The van der Waals surface area contributed by atoms with E-state index in [0.717, 1.165) is 17.6 Å². The third-order valence-electron chi connectivity index (χ3n) is 15.3. The van der Waals surface area contributed by atoms with Crippen molar-refractivity contribution in [3.63, 3.8) is 0 Å². The number of anilines is 2. The molecule has 7 amide bonds. The zero-order chi connectivity index (χ0) is 65.5. The molecule has 10 N–H and O–H groups in total. The van der Waals surface area contributed by atoms with E-state index in [4.69, 9.17) is 67.4 Å². The number of carbonyl (C=O) groups is 8. The van der Waals surface area contributed by atoms with E-state index in [2.05, 4.69) is 51.2 Å². The molecule has 9 rings (SSSR count). The van der Waals surface area contributed by atoms with E-state index >= 15 is 8.78 Å². The van der Waals surface area contributed by atoms with Gasteiger partial charge in [-0.1, -0.05) is 32.9 Å². The zero-order valence-corrected chi connectivity index (χ0v) is 52.5. The third kappa shape index (κ3) is 17.0. The van der Waals surface area contributed by atoms with Crippen LogP contribution in [0.25, 0.3) is 22.3 Å². The van der Waals surface area contributed by atoms with Gasteiger partial charge in [0, 0.05) is 62.8 Å². The number of hydrogen-bond donors (Lipinski definition) is 8. The van der Waals surface area contributed by atoms with Crippen molar-refractivity contribution in [2.24, 2.45) is 23.5 Å².